The molecule has 0 bridgehead atoms. The summed E-state index contributed by atoms with van der Waals surface area (Å²) in [5, 5.41) is 2.67. The third kappa shape index (κ3) is 4.07. The first-order valence-corrected chi connectivity index (χ1v) is 9.74. The lowest BCUT2D eigenvalue weighted by Gasteiger charge is -2.37. The highest BCUT2D eigenvalue weighted by atomic mass is 19.1. The number of nitrogens with one attached hydrogen (secondary N) is 1. The van der Waals surface area contributed by atoms with Gasteiger partial charge in [-0.2, -0.15) is 0 Å². The minimum atomic E-state index is -0.528. The Hall–Kier alpha value is -2.73. The molecule has 2 amide bonds. The molecule has 5 nitrogen and oxygen atoms in total. The summed E-state index contributed by atoms with van der Waals surface area (Å²) >= 11 is 0. The average Bonchev–Trinajstić information content (AvgIpc) is 2.72. The van der Waals surface area contributed by atoms with Crippen LogP contribution in [-0.4, -0.2) is 54.3 Å². The molecule has 146 valence electrons. The number of rotatable bonds is 4. The number of halogens is 1. The highest BCUT2D eigenvalue weighted by molar-refractivity contribution is 6.01. The zero-order valence-electron chi connectivity index (χ0n) is 15.7. The topological polar surface area (TPSA) is 52.7 Å². The molecule has 0 saturated carbocycles. The van der Waals surface area contributed by atoms with Gasteiger partial charge in [-0.1, -0.05) is 36.4 Å². The summed E-state index contributed by atoms with van der Waals surface area (Å²) in [6.45, 7) is 3.94. The molecular formula is C22H24FN3O2. The van der Waals surface area contributed by atoms with E-state index in [2.05, 4.69) is 34.5 Å². The second kappa shape index (κ2) is 8.10. The molecule has 0 spiro atoms. The van der Waals surface area contributed by atoms with Crippen molar-refractivity contribution in [2.45, 2.75) is 18.8 Å². The van der Waals surface area contributed by atoms with Crippen molar-refractivity contribution in [3.8, 4) is 0 Å². The second-order valence-corrected chi connectivity index (χ2v) is 7.44. The Labute approximate surface area is 164 Å². The van der Waals surface area contributed by atoms with E-state index in [0.29, 0.717) is 24.3 Å². The Morgan fingerprint density at radius 3 is 2.57 bits per heavy atom. The van der Waals surface area contributed by atoms with Gasteiger partial charge in [0, 0.05) is 44.8 Å². The molecule has 2 aliphatic rings. The number of piperazine rings is 1. The first-order valence-electron chi connectivity index (χ1n) is 9.74. The lowest BCUT2D eigenvalue weighted by molar-refractivity contribution is -0.136. The highest BCUT2D eigenvalue weighted by Crippen LogP contribution is 2.34. The van der Waals surface area contributed by atoms with Gasteiger partial charge in [0.15, 0.2) is 0 Å². The summed E-state index contributed by atoms with van der Waals surface area (Å²) in [5.41, 5.74) is 2.44. The van der Waals surface area contributed by atoms with Crippen molar-refractivity contribution in [1.82, 2.24) is 9.80 Å². The molecule has 0 radical (unpaired) electrons. The fourth-order valence-electron chi connectivity index (χ4n) is 4.00. The molecule has 1 atom stereocenters. The van der Waals surface area contributed by atoms with Crippen LogP contribution in [0, 0.1) is 5.82 Å². The van der Waals surface area contributed by atoms with Crippen LogP contribution in [-0.2, 0) is 16.0 Å². The summed E-state index contributed by atoms with van der Waals surface area (Å²) in [6.07, 6.45) is 1.11. The zero-order chi connectivity index (χ0) is 19.5. The summed E-state index contributed by atoms with van der Waals surface area (Å²) in [7, 11) is 0. The van der Waals surface area contributed by atoms with Gasteiger partial charge in [-0.25, -0.2) is 4.39 Å². The minimum absolute atomic E-state index is 0.0367. The van der Waals surface area contributed by atoms with E-state index in [0.717, 1.165) is 26.1 Å². The van der Waals surface area contributed by atoms with Crippen LogP contribution in [0.25, 0.3) is 0 Å². The van der Waals surface area contributed by atoms with Crippen molar-refractivity contribution in [2.75, 3.05) is 38.0 Å². The number of hydrogen-bond donors (Lipinski definition) is 1. The van der Waals surface area contributed by atoms with E-state index in [1.54, 1.807) is 6.07 Å². The van der Waals surface area contributed by atoms with Crippen LogP contribution in [0.5, 0.6) is 0 Å². The molecule has 2 aromatic rings. The molecule has 0 aromatic heterocycles. The highest BCUT2D eigenvalue weighted by Gasteiger charge is 2.34. The van der Waals surface area contributed by atoms with E-state index in [1.807, 2.05) is 11.0 Å². The minimum Gasteiger partial charge on any atom is -0.340 e. The SMILES string of the molecule is O=C1C[C@H](C(=O)N2CCN(CCc3ccccc3)CC2)c2ccc(F)cc2N1. The van der Waals surface area contributed by atoms with Gasteiger partial charge in [-0.15, -0.1) is 0 Å². The van der Waals surface area contributed by atoms with Crippen LogP contribution >= 0.6 is 0 Å². The first kappa shape index (κ1) is 18.6. The standard InChI is InChI=1S/C22H24FN3O2/c23-17-6-7-18-19(15-21(27)24-20(18)14-17)22(28)26-12-10-25(11-13-26)9-8-16-4-2-1-3-5-16/h1-7,14,19H,8-13,15H2,(H,24,27)/t19-/m0/s1. The van der Waals surface area contributed by atoms with E-state index in [4.69, 9.17) is 0 Å². The van der Waals surface area contributed by atoms with E-state index in [9.17, 15) is 14.0 Å². The maximum Gasteiger partial charge on any atom is 0.230 e. The first-order chi connectivity index (χ1) is 13.6. The third-order valence-corrected chi connectivity index (χ3v) is 5.60. The van der Waals surface area contributed by atoms with Gasteiger partial charge in [0.1, 0.15) is 5.82 Å². The summed E-state index contributed by atoms with van der Waals surface area (Å²) in [4.78, 5) is 29.3. The van der Waals surface area contributed by atoms with Crippen molar-refractivity contribution >= 4 is 17.5 Å². The van der Waals surface area contributed by atoms with Crippen LogP contribution in [0.3, 0.4) is 0 Å². The van der Waals surface area contributed by atoms with Crippen LogP contribution in [0.2, 0.25) is 0 Å². The smallest absolute Gasteiger partial charge is 0.230 e. The Morgan fingerprint density at radius 1 is 1.07 bits per heavy atom. The number of nitrogens with zero attached hydrogens (tertiary/aromatic N) is 2. The molecular weight excluding hydrogens is 357 g/mol. The van der Waals surface area contributed by atoms with Crippen LogP contribution in [0.4, 0.5) is 10.1 Å². The quantitative estimate of drug-likeness (QED) is 0.886. The van der Waals surface area contributed by atoms with Crippen LogP contribution in [0.15, 0.2) is 48.5 Å². The van der Waals surface area contributed by atoms with Crippen molar-refractivity contribution in [3.05, 3.63) is 65.5 Å². The monoisotopic (exact) mass is 381 g/mol. The molecule has 1 N–H and O–H groups in total. The average molecular weight is 381 g/mol. The Morgan fingerprint density at radius 2 is 1.82 bits per heavy atom. The summed E-state index contributed by atoms with van der Waals surface area (Å²) in [5.74, 6) is -1.22. The number of anilines is 1. The molecule has 1 fully saturated rings. The van der Waals surface area contributed by atoms with Crippen LogP contribution in [0.1, 0.15) is 23.5 Å². The van der Waals surface area contributed by atoms with Crippen molar-refractivity contribution in [3.63, 3.8) is 0 Å². The fraction of sp³-hybridized carbons (Fsp3) is 0.364. The van der Waals surface area contributed by atoms with E-state index < -0.39 is 11.7 Å². The summed E-state index contributed by atoms with van der Waals surface area (Å²) in [6, 6.07) is 14.6. The van der Waals surface area contributed by atoms with Crippen molar-refractivity contribution < 1.29 is 14.0 Å². The van der Waals surface area contributed by atoms with E-state index in [1.165, 1.54) is 17.7 Å². The second-order valence-electron chi connectivity index (χ2n) is 7.44. The van der Waals surface area contributed by atoms with Crippen molar-refractivity contribution in [1.29, 1.82) is 0 Å². The van der Waals surface area contributed by atoms with Crippen LogP contribution < -0.4 is 5.32 Å². The Kier molecular flexibility index (Phi) is 5.39. The number of hydrogen-bond acceptors (Lipinski definition) is 3. The number of carbonyl (C=O) groups is 2. The van der Waals surface area contributed by atoms with Gasteiger partial charge < -0.3 is 10.2 Å². The van der Waals surface area contributed by atoms with Gasteiger partial charge in [-0.3, -0.25) is 14.5 Å². The molecule has 4 rings (SSSR count). The lowest BCUT2D eigenvalue weighted by atomic mass is 9.89. The molecule has 2 heterocycles. The molecule has 2 aliphatic heterocycles. The number of fused-ring (bicyclic) bond motifs is 1. The van der Waals surface area contributed by atoms with E-state index in [-0.39, 0.29) is 18.2 Å². The third-order valence-electron chi connectivity index (χ3n) is 5.60. The van der Waals surface area contributed by atoms with Gasteiger partial charge in [0.25, 0.3) is 0 Å². The van der Waals surface area contributed by atoms with Gasteiger partial charge in [0.05, 0.1) is 5.92 Å². The van der Waals surface area contributed by atoms with Gasteiger partial charge in [0.2, 0.25) is 11.8 Å². The molecule has 0 aliphatic carbocycles. The van der Waals surface area contributed by atoms with Gasteiger partial charge >= 0.3 is 0 Å². The normalized spacial score (nSPS) is 19.8. The Bertz CT molecular complexity index is 863. The molecule has 1 saturated heterocycles. The number of carbonyl (C=O) groups excluding carboxylic acids is 2. The largest absolute Gasteiger partial charge is 0.340 e. The van der Waals surface area contributed by atoms with Crippen molar-refractivity contribution in [2.24, 2.45) is 0 Å². The predicted molar refractivity (Wildman–Crippen MR) is 106 cm³/mol. The van der Waals surface area contributed by atoms with E-state index >= 15 is 0 Å². The number of benzene rings is 2. The summed E-state index contributed by atoms with van der Waals surface area (Å²) < 4.78 is 13.5. The maximum atomic E-state index is 13.5. The predicted octanol–water partition coefficient (Wildman–Crippen LogP) is 2.64. The lowest BCUT2D eigenvalue weighted by Crippen LogP contribution is -2.51. The number of amides is 2. The maximum absolute atomic E-state index is 13.5. The molecule has 28 heavy (non-hydrogen) atoms. The Balaban J connectivity index is 1.36. The fourth-order valence-corrected chi connectivity index (χ4v) is 4.00. The van der Waals surface area contributed by atoms with Gasteiger partial charge in [-0.05, 0) is 29.7 Å². The zero-order valence-corrected chi connectivity index (χ0v) is 15.7. The molecule has 2 aromatic carbocycles. The molecule has 0 unspecified atom stereocenters. The molecule has 6 heteroatoms.